The lowest BCUT2D eigenvalue weighted by Crippen LogP contribution is -1.93. The van der Waals surface area contributed by atoms with Crippen LogP contribution < -0.4 is 0 Å². The van der Waals surface area contributed by atoms with E-state index in [1.54, 1.807) is 19.1 Å². The van der Waals surface area contributed by atoms with Crippen LogP contribution in [0.2, 0.25) is 0 Å². The molecule has 4 heteroatoms. The van der Waals surface area contributed by atoms with Gasteiger partial charge in [-0.1, -0.05) is 11.6 Å². The standard InChI is InChI=1S/C14H18O4/c1-9(4-6-14(17)18)3-5-11-8-12(15)10(2)7-13(11)16/h4,7-8,15-16H,3,5-6H2,1-2H3,(H,17,18). The second-order valence-corrected chi connectivity index (χ2v) is 4.42. The molecule has 0 saturated carbocycles. The van der Waals surface area contributed by atoms with E-state index in [0.29, 0.717) is 24.0 Å². The lowest BCUT2D eigenvalue weighted by atomic mass is 10.0. The molecule has 0 aliphatic heterocycles. The van der Waals surface area contributed by atoms with Crippen molar-refractivity contribution in [2.24, 2.45) is 0 Å². The van der Waals surface area contributed by atoms with Gasteiger partial charge in [0.2, 0.25) is 0 Å². The maximum absolute atomic E-state index is 10.4. The molecule has 3 N–H and O–H groups in total. The topological polar surface area (TPSA) is 77.8 Å². The maximum atomic E-state index is 10.4. The van der Waals surface area contributed by atoms with Crippen molar-refractivity contribution in [2.45, 2.75) is 33.1 Å². The summed E-state index contributed by atoms with van der Waals surface area (Å²) in [5.74, 6) is -0.531. The van der Waals surface area contributed by atoms with Crippen LogP contribution in [0.1, 0.15) is 30.9 Å². The fourth-order valence-corrected chi connectivity index (χ4v) is 1.62. The molecule has 98 valence electrons. The molecule has 0 heterocycles. The Labute approximate surface area is 106 Å². The number of aromatic hydroxyl groups is 2. The SMILES string of the molecule is CC(=CCC(=O)O)CCc1cc(O)c(C)cc1O. The Balaban J connectivity index is 2.66. The highest BCUT2D eigenvalue weighted by Gasteiger charge is 2.06. The average molecular weight is 250 g/mol. The third-order valence-corrected chi connectivity index (χ3v) is 2.81. The van der Waals surface area contributed by atoms with Gasteiger partial charge in [-0.25, -0.2) is 0 Å². The summed E-state index contributed by atoms with van der Waals surface area (Å²) in [6.07, 6.45) is 2.90. The minimum atomic E-state index is -0.856. The molecule has 0 aromatic heterocycles. The lowest BCUT2D eigenvalue weighted by Gasteiger charge is -2.07. The Kier molecular flexibility index (Phi) is 4.77. The van der Waals surface area contributed by atoms with Crippen LogP contribution in [0.5, 0.6) is 11.5 Å². The molecule has 0 amide bonds. The first kappa shape index (κ1) is 14.1. The van der Waals surface area contributed by atoms with Gasteiger partial charge in [0.05, 0.1) is 6.42 Å². The first-order valence-corrected chi connectivity index (χ1v) is 5.79. The smallest absolute Gasteiger partial charge is 0.307 e. The number of benzene rings is 1. The van der Waals surface area contributed by atoms with Crippen molar-refractivity contribution in [3.63, 3.8) is 0 Å². The van der Waals surface area contributed by atoms with Gasteiger partial charge in [-0.2, -0.15) is 0 Å². The molecule has 0 fully saturated rings. The molecule has 0 aliphatic carbocycles. The molecule has 0 atom stereocenters. The Bertz CT molecular complexity index is 475. The number of aryl methyl sites for hydroxylation is 2. The van der Waals surface area contributed by atoms with E-state index < -0.39 is 5.97 Å². The third-order valence-electron chi connectivity index (χ3n) is 2.81. The minimum absolute atomic E-state index is 0.0109. The monoisotopic (exact) mass is 250 g/mol. The fraction of sp³-hybridized carbons (Fsp3) is 0.357. The number of phenols is 2. The Morgan fingerprint density at radius 2 is 1.94 bits per heavy atom. The van der Waals surface area contributed by atoms with Crippen molar-refractivity contribution in [2.75, 3.05) is 0 Å². The molecule has 4 nitrogen and oxygen atoms in total. The number of phenolic OH excluding ortho intramolecular Hbond substituents is 2. The van der Waals surface area contributed by atoms with E-state index in [1.807, 2.05) is 6.92 Å². The molecule has 1 aromatic carbocycles. The van der Waals surface area contributed by atoms with E-state index in [0.717, 1.165) is 5.57 Å². The van der Waals surface area contributed by atoms with Gasteiger partial charge in [0, 0.05) is 0 Å². The van der Waals surface area contributed by atoms with Gasteiger partial charge < -0.3 is 15.3 Å². The summed E-state index contributed by atoms with van der Waals surface area (Å²) in [5, 5.41) is 27.8. The third kappa shape index (κ3) is 4.13. The number of carbonyl (C=O) groups is 1. The first-order chi connectivity index (χ1) is 8.40. The molecular formula is C14H18O4. The number of carboxylic acid groups (broad SMARTS) is 1. The molecule has 0 unspecified atom stereocenters. The van der Waals surface area contributed by atoms with Crippen LogP contribution in [0.4, 0.5) is 0 Å². The molecule has 0 aliphatic rings. The summed E-state index contributed by atoms with van der Waals surface area (Å²) in [7, 11) is 0. The summed E-state index contributed by atoms with van der Waals surface area (Å²) in [6.45, 7) is 3.57. The van der Waals surface area contributed by atoms with Gasteiger partial charge in [-0.15, -0.1) is 0 Å². The highest BCUT2D eigenvalue weighted by atomic mass is 16.4. The Morgan fingerprint density at radius 3 is 2.56 bits per heavy atom. The number of allylic oxidation sites excluding steroid dienone is 1. The van der Waals surface area contributed by atoms with Gasteiger partial charge >= 0.3 is 5.97 Å². The van der Waals surface area contributed by atoms with Crippen molar-refractivity contribution >= 4 is 5.97 Å². The summed E-state index contributed by atoms with van der Waals surface area (Å²) in [4.78, 5) is 10.4. The van der Waals surface area contributed by atoms with Crippen molar-refractivity contribution in [1.82, 2.24) is 0 Å². The van der Waals surface area contributed by atoms with Crippen LogP contribution >= 0.6 is 0 Å². The molecule has 0 radical (unpaired) electrons. The van der Waals surface area contributed by atoms with Crippen molar-refractivity contribution < 1.29 is 20.1 Å². The van der Waals surface area contributed by atoms with Gasteiger partial charge in [0.1, 0.15) is 11.5 Å². The molecule has 0 saturated heterocycles. The Hall–Kier alpha value is -1.97. The zero-order chi connectivity index (χ0) is 13.7. The van der Waals surface area contributed by atoms with Gasteiger partial charge in [0.25, 0.3) is 0 Å². The normalized spacial score (nSPS) is 11.6. The number of hydrogen-bond donors (Lipinski definition) is 3. The number of carboxylic acids is 1. The van der Waals surface area contributed by atoms with Crippen molar-refractivity contribution in [1.29, 1.82) is 0 Å². The second-order valence-electron chi connectivity index (χ2n) is 4.42. The van der Waals surface area contributed by atoms with E-state index in [4.69, 9.17) is 5.11 Å². The average Bonchev–Trinajstić information content (AvgIpc) is 2.29. The predicted octanol–water partition coefficient (Wildman–Crippen LogP) is 2.76. The van der Waals surface area contributed by atoms with Crippen LogP contribution in [0, 0.1) is 6.92 Å². The molecule has 1 rings (SSSR count). The van der Waals surface area contributed by atoms with Crippen LogP contribution in [0.25, 0.3) is 0 Å². The predicted molar refractivity (Wildman–Crippen MR) is 68.8 cm³/mol. The van der Waals surface area contributed by atoms with E-state index in [2.05, 4.69) is 0 Å². The van der Waals surface area contributed by atoms with Crippen LogP contribution in [-0.4, -0.2) is 21.3 Å². The largest absolute Gasteiger partial charge is 0.508 e. The number of aliphatic carboxylic acids is 1. The summed E-state index contributed by atoms with van der Waals surface area (Å²) in [6, 6.07) is 3.08. The van der Waals surface area contributed by atoms with E-state index in [9.17, 15) is 15.0 Å². The van der Waals surface area contributed by atoms with Crippen LogP contribution in [0.3, 0.4) is 0 Å². The van der Waals surface area contributed by atoms with Gasteiger partial charge in [-0.05, 0) is 49.9 Å². The number of hydrogen-bond acceptors (Lipinski definition) is 3. The van der Waals surface area contributed by atoms with E-state index >= 15 is 0 Å². The van der Waals surface area contributed by atoms with Crippen LogP contribution in [0.15, 0.2) is 23.8 Å². The zero-order valence-corrected chi connectivity index (χ0v) is 10.6. The van der Waals surface area contributed by atoms with E-state index in [1.165, 1.54) is 6.07 Å². The lowest BCUT2D eigenvalue weighted by molar-refractivity contribution is -0.136. The van der Waals surface area contributed by atoms with Crippen molar-refractivity contribution in [3.8, 4) is 11.5 Å². The molecule has 0 bridgehead atoms. The summed E-state index contributed by atoms with van der Waals surface area (Å²) < 4.78 is 0. The number of rotatable bonds is 5. The zero-order valence-electron chi connectivity index (χ0n) is 10.6. The maximum Gasteiger partial charge on any atom is 0.307 e. The fourth-order valence-electron chi connectivity index (χ4n) is 1.62. The summed E-state index contributed by atoms with van der Waals surface area (Å²) in [5.41, 5.74) is 2.26. The summed E-state index contributed by atoms with van der Waals surface area (Å²) >= 11 is 0. The molecule has 18 heavy (non-hydrogen) atoms. The molecular weight excluding hydrogens is 232 g/mol. The molecule has 1 aromatic rings. The second kappa shape index (κ2) is 6.10. The van der Waals surface area contributed by atoms with Gasteiger partial charge in [0.15, 0.2) is 0 Å². The van der Waals surface area contributed by atoms with Gasteiger partial charge in [-0.3, -0.25) is 4.79 Å². The quantitative estimate of drug-likeness (QED) is 0.554. The highest BCUT2D eigenvalue weighted by Crippen LogP contribution is 2.28. The Morgan fingerprint density at radius 1 is 1.28 bits per heavy atom. The first-order valence-electron chi connectivity index (χ1n) is 5.79. The van der Waals surface area contributed by atoms with Crippen LogP contribution in [-0.2, 0) is 11.2 Å². The van der Waals surface area contributed by atoms with E-state index in [-0.39, 0.29) is 17.9 Å². The highest BCUT2D eigenvalue weighted by molar-refractivity contribution is 5.68. The minimum Gasteiger partial charge on any atom is -0.508 e. The molecule has 0 spiro atoms. The van der Waals surface area contributed by atoms with Crippen molar-refractivity contribution in [3.05, 3.63) is 34.9 Å².